The van der Waals surface area contributed by atoms with Crippen LogP contribution >= 0.6 is 0 Å². The van der Waals surface area contributed by atoms with Gasteiger partial charge in [0.05, 0.1) is 10.9 Å². The van der Waals surface area contributed by atoms with E-state index < -0.39 is 10.0 Å². The molecule has 3 N–H and O–H groups in total. The SMILES string of the molecule is CC(C)CCC(=O)N[C@H](C)c1ccc(S(N)(=O)=O)cc1. The van der Waals surface area contributed by atoms with Crippen molar-refractivity contribution in [1.82, 2.24) is 5.32 Å². The van der Waals surface area contributed by atoms with Gasteiger partial charge in [0, 0.05) is 6.42 Å². The van der Waals surface area contributed by atoms with Crippen LogP contribution in [0.5, 0.6) is 0 Å². The highest BCUT2D eigenvalue weighted by molar-refractivity contribution is 7.89. The Hall–Kier alpha value is -1.40. The minimum atomic E-state index is -3.67. The molecule has 0 spiro atoms. The third-order valence-corrected chi connectivity index (χ3v) is 3.96. The van der Waals surface area contributed by atoms with E-state index in [4.69, 9.17) is 5.14 Å². The maximum absolute atomic E-state index is 11.7. The maximum atomic E-state index is 11.7. The lowest BCUT2D eigenvalue weighted by atomic mass is 10.1. The van der Waals surface area contributed by atoms with Crippen molar-refractivity contribution in [3.63, 3.8) is 0 Å². The van der Waals surface area contributed by atoms with Gasteiger partial charge in [0.2, 0.25) is 15.9 Å². The first-order chi connectivity index (χ1) is 9.20. The summed E-state index contributed by atoms with van der Waals surface area (Å²) in [5.41, 5.74) is 0.843. The normalized spacial score (nSPS) is 13.2. The standard InChI is InChI=1S/C14H22N2O3S/c1-10(2)4-9-14(17)16-11(3)12-5-7-13(8-6-12)20(15,18)19/h5-8,10-11H,4,9H2,1-3H3,(H,16,17)(H2,15,18,19)/t11-/m1/s1. The summed E-state index contributed by atoms with van der Waals surface area (Å²) >= 11 is 0. The predicted molar refractivity (Wildman–Crippen MR) is 78.4 cm³/mol. The fourth-order valence-electron chi connectivity index (χ4n) is 1.76. The number of hydrogen-bond acceptors (Lipinski definition) is 3. The first kappa shape index (κ1) is 16.7. The van der Waals surface area contributed by atoms with Crippen LogP contribution in [0.1, 0.15) is 45.2 Å². The maximum Gasteiger partial charge on any atom is 0.238 e. The molecule has 0 aliphatic heterocycles. The number of nitrogens with two attached hydrogens (primary N) is 1. The minimum absolute atomic E-state index is 0.00160. The second-order valence-electron chi connectivity index (χ2n) is 5.34. The Morgan fingerprint density at radius 2 is 1.75 bits per heavy atom. The van der Waals surface area contributed by atoms with Crippen LogP contribution in [0.25, 0.3) is 0 Å². The average Bonchev–Trinajstić information content (AvgIpc) is 2.35. The zero-order chi connectivity index (χ0) is 15.3. The van der Waals surface area contributed by atoms with E-state index in [0.29, 0.717) is 12.3 Å². The number of rotatable bonds is 6. The van der Waals surface area contributed by atoms with E-state index in [-0.39, 0.29) is 16.8 Å². The number of amides is 1. The van der Waals surface area contributed by atoms with E-state index >= 15 is 0 Å². The lowest BCUT2D eigenvalue weighted by Crippen LogP contribution is -2.26. The number of sulfonamides is 1. The first-order valence-electron chi connectivity index (χ1n) is 6.62. The molecule has 0 aliphatic rings. The lowest BCUT2D eigenvalue weighted by molar-refractivity contribution is -0.122. The Balaban J connectivity index is 2.64. The molecule has 112 valence electrons. The van der Waals surface area contributed by atoms with Crippen LogP contribution in [-0.2, 0) is 14.8 Å². The summed E-state index contributed by atoms with van der Waals surface area (Å²) < 4.78 is 22.3. The number of hydrogen-bond donors (Lipinski definition) is 2. The Kier molecular flexibility index (Phi) is 5.71. The fourth-order valence-corrected chi connectivity index (χ4v) is 2.28. The van der Waals surface area contributed by atoms with Gasteiger partial charge in [-0.1, -0.05) is 26.0 Å². The lowest BCUT2D eigenvalue weighted by Gasteiger charge is -2.15. The molecule has 1 rings (SSSR count). The Labute approximate surface area is 120 Å². The molecule has 6 heteroatoms. The summed E-state index contributed by atoms with van der Waals surface area (Å²) in [6.07, 6.45) is 1.35. The van der Waals surface area contributed by atoms with Crippen LogP contribution in [0.4, 0.5) is 0 Å². The molecular formula is C14H22N2O3S. The van der Waals surface area contributed by atoms with Crippen molar-refractivity contribution in [2.45, 2.75) is 44.6 Å². The molecule has 0 fully saturated rings. The molecule has 1 amide bonds. The van der Waals surface area contributed by atoms with E-state index in [1.54, 1.807) is 12.1 Å². The molecule has 0 aromatic heterocycles. The van der Waals surface area contributed by atoms with Crippen molar-refractivity contribution < 1.29 is 13.2 Å². The second-order valence-corrected chi connectivity index (χ2v) is 6.90. The van der Waals surface area contributed by atoms with Crippen LogP contribution in [0.3, 0.4) is 0 Å². The van der Waals surface area contributed by atoms with Gasteiger partial charge in [-0.15, -0.1) is 0 Å². The predicted octanol–water partition coefficient (Wildman–Crippen LogP) is 1.95. The van der Waals surface area contributed by atoms with Gasteiger partial charge < -0.3 is 5.32 Å². The molecule has 0 radical (unpaired) electrons. The van der Waals surface area contributed by atoms with Gasteiger partial charge in [0.1, 0.15) is 0 Å². The first-order valence-corrected chi connectivity index (χ1v) is 8.17. The largest absolute Gasteiger partial charge is 0.350 e. The van der Waals surface area contributed by atoms with Crippen LogP contribution < -0.4 is 10.5 Å². The van der Waals surface area contributed by atoms with Crippen molar-refractivity contribution in [3.8, 4) is 0 Å². The summed E-state index contributed by atoms with van der Waals surface area (Å²) in [6.45, 7) is 6.00. The molecule has 0 bridgehead atoms. The van der Waals surface area contributed by atoms with Crippen molar-refractivity contribution in [1.29, 1.82) is 0 Å². The highest BCUT2D eigenvalue weighted by Gasteiger charge is 2.12. The third-order valence-electron chi connectivity index (χ3n) is 3.03. The third kappa shape index (κ3) is 5.30. The molecule has 1 atom stereocenters. The molecule has 20 heavy (non-hydrogen) atoms. The highest BCUT2D eigenvalue weighted by atomic mass is 32.2. The molecule has 0 saturated heterocycles. The number of primary sulfonamides is 1. The molecule has 0 aliphatic carbocycles. The Morgan fingerprint density at radius 1 is 1.20 bits per heavy atom. The van der Waals surface area contributed by atoms with Gasteiger partial charge in [-0.3, -0.25) is 4.79 Å². The molecular weight excluding hydrogens is 276 g/mol. The fraction of sp³-hybridized carbons (Fsp3) is 0.500. The van der Waals surface area contributed by atoms with Gasteiger partial charge >= 0.3 is 0 Å². The monoisotopic (exact) mass is 298 g/mol. The number of nitrogens with one attached hydrogen (secondary N) is 1. The summed E-state index contributed by atoms with van der Waals surface area (Å²) in [7, 11) is -3.67. The summed E-state index contributed by atoms with van der Waals surface area (Å²) in [4.78, 5) is 11.8. The smallest absolute Gasteiger partial charge is 0.238 e. The molecule has 1 aromatic rings. The summed E-state index contributed by atoms with van der Waals surface area (Å²) in [6, 6.07) is 6.05. The van der Waals surface area contributed by atoms with Crippen LogP contribution in [0.15, 0.2) is 29.2 Å². The van der Waals surface area contributed by atoms with Crippen LogP contribution in [0, 0.1) is 5.92 Å². The van der Waals surface area contributed by atoms with Crippen molar-refractivity contribution >= 4 is 15.9 Å². The van der Waals surface area contributed by atoms with E-state index in [0.717, 1.165) is 12.0 Å². The van der Waals surface area contributed by atoms with Gasteiger partial charge in [-0.25, -0.2) is 13.6 Å². The molecule has 5 nitrogen and oxygen atoms in total. The molecule has 1 aromatic carbocycles. The highest BCUT2D eigenvalue weighted by Crippen LogP contribution is 2.16. The summed E-state index contributed by atoms with van der Waals surface area (Å²) in [5, 5.41) is 7.92. The van der Waals surface area contributed by atoms with E-state index in [1.165, 1.54) is 12.1 Å². The zero-order valence-electron chi connectivity index (χ0n) is 12.1. The van der Waals surface area contributed by atoms with E-state index in [2.05, 4.69) is 19.2 Å². The van der Waals surface area contributed by atoms with Crippen molar-refractivity contribution in [2.75, 3.05) is 0 Å². The van der Waals surface area contributed by atoms with Crippen LogP contribution in [0.2, 0.25) is 0 Å². The number of benzene rings is 1. The van der Waals surface area contributed by atoms with Crippen molar-refractivity contribution in [3.05, 3.63) is 29.8 Å². The van der Waals surface area contributed by atoms with E-state index in [9.17, 15) is 13.2 Å². The zero-order valence-corrected chi connectivity index (χ0v) is 12.9. The summed E-state index contributed by atoms with van der Waals surface area (Å²) in [5.74, 6) is 0.492. The number of carbonyl (C=O) groups excluding carboxylic acids is 1. The Bertz CT molecular complexity index is 550. The minimum Gasteiger partial charge on any atom is -0.350 e. The van der Waals surface area contributed by atoms with Crippen LogP contribution in [-0.4, -0.2) is 14.3 Å². The second kappa shape index (κ2) is 6.85. The van der Waals surface area contributed by atoms with E-state index in [1.807, 2.05) is 6.92 Å². The molecule has 0 heterocycles. The van der Waals surface area contributed by atoms with Gasteiger partial charge in [0.15, 0.2) is 0 Å². The number of carbonyl (C=O) groups is 1. The molecule has 0 saturated carbocycles. The quantitative estimate of drug-likeness (QED) is 0.841. The van der Waals surface area contributed by atoms with Gasteiger partial charge in [-0.2, -0.15) is 0 Å². The average molecular weight is 298 g/mol. The van der Waals surface area contributed by atoms with Gasteiger partial charge in [0.25, 0.3) is 0 Å². The Morgan fingerprint density at radius 3 is 2.20 bits per heavy atom. The molecule has 0 unspecified atom stereocenters. The van der Waals surface area contributed by atoms with Crippen molar-refractivity contribution in [2.24, 2.45) is 11.1 Å². The van der Waals surface area contributed by atoms with Gasteiger partial charge in [-0.05, 0) is 37.0 Å². The topological polar surface area (TPSA) is 89.3 Å².